The minimum Gasteiger partial charge on any atom is -0.340 e. The maximum absolute atomic E-state index is 11.9. The highest BCUT2D eigenvalue weighted by molar-refractivity contribution is 5.92. The number of amides is 1. The van der Waals surface area contributed by atoms with Gasteiger partial charge in [0.05, 0.1) is 6.54 Å². The Morgan fingerprint density at radius 2 is 2.35 bits per heavy atom. The van der Waals surface area contributed by atoms with Gasteiger partial charge in [-0.25, -0.2) is 0 Å². The third kappa shape index (κ3) is 2.69. The van der Waals surface area contributed by atoms with Gasteiger partial charge in [-0.15, -0.1) is 6.42 Å². The molecule has 1 aromatic rings. The summed E-state index contributed by atoms with van der Waals surface area (Å²) in [5, 5.41) is 6.02. The second kappa shape index (κ2) is 5.55. The number of piperidine rings is 1. The Bertz CT molecular complexity index is 424. The van der Waals surface area contributed by atoms with Gasteiger partial charge in [-0.05, 0) is 38.1 Å². The van der Waals surface area contributed by atoms with Gasteiger partial charge in [0.2, 0.25) is 0 Å². The van der Waals surface area contributed by atoms with Gasteiger partial charge in [-0.3, -0.25) is 4.79 Å². The van der Waals surface area contributed by atoms with E-state index < -0.39 is 0 Å². The van der Waals surface area contributed by atoms with E-state index in [4.69, 9.17) is 6.42 Å². The van der Waals surface area contributed by atoms with Gasteiger partial charge >= 0.3 is 0 Å². The molecule has 1 aromatic heterocycles. The zero-order valence-electron chi connectivity index (χ0n) is 9.78. The summed E-state index contributed by atoms with van der Waals surface area (Å²) in [4.78, 5) is 11.9. The first-order valence-corrected chi connectivity index (χ1v) is 5.92. The average Bonchev–Trinajstić information content (AvgIpc) is 2.86. The molecule has 90 valence electrons. The maximum Gasteiger partial charge on any atom is 0.268 e. The summed E-state index contributed by atoms with van der Waals surface area (Å²) in [6, 6.07) is 4.17. The monoisotopic (exact) mass is 231 g/mol. The fraction of sp³-hybridized carbons (Fsp3) is 0.462. The molecule has 0 atom stereocenters. The van der Waals surface area contributed by atoms with Crippen LogP contribution in [-0.2, 0) is 0 Å². The molecule has 0 radical (unpaired) electrons. The van der Waals surface area contributed by atoms with Crippen molar-refractivity contribution >= 4 is 5.91 Å². The van der Waals surface area contributed by atoms with Crippen molar-refractivity contribution in [1.29, 1.82) is 0 Å². The van der Waals surface area contributed by atoms with E-state index in [9.17, 15) is 4.79 Å². The van der Waals surface area contributed by atoms with E-state index in [1.54, 1.807) is 0 Å². The van der Waals surface area contributed by atoms with Crippen LogP contribution in [-0.4, -0.2) is 30.1 Å². The Morgan fingerprint density at radius 3 is 3.06 bits per heavy atom. The standard InChI is InChI=1S/C13H17N3O/c1-2-7-15-13(17)12-4-3-10-16(12)11-5-8-14-9-6-11/h1,3-4,10-11,14H,5-9H2,(H,15,17). The van der Waals surface area contributed by atoms with Crippen molar-refractivity contribution < 1.29 is 4.79 Å². The predicted molar refractivity (Wildman–Crippen MR) is 66.7 cm³/mol. The number of carbonyl (C=O) groups is 1. The fourth-order valence-electron chi connectivity index (χ4n) is 2.21. The number of rotatable bonds is 3. The van der Waals surface area contributed by atoms with Crippen LogP contribution in [0.4, 0.5) is 0 Å². The first-order chi connectivity index (χ1) is 8.33. The van der Waals surface area contributed by atoms with E-state index >= 15 is 0 Å². The third-order valence-corrected chi connectivity index (χ3v) is 3.06. The molecule has 0 bridgehead atoms. The summed E-state index contributed by atoms with van der Waals surface area (Å²) in [6.07, 6.45) is 9.22. The van der Waals surface area contributed by atoms with Crippen LogP contribution < -0.4 is 10.6 Å². The van der Waals surface area contributed by atoms with Crippen LogP contribution in [0.3, 0.4) is 0 Å². The SMILES string of the molecule is C#CCNC(=O)c1cccn1C1CCNCC1. The van der Waals surface area contributed by atoms with Crippen LogP contribution >= 0.6 is 0 Å². The van der Waals surface area contributed by atoms with Crippen molar-refractivity contribution in [1.82, 2.24) is 15.2 Å². The van der Waals surface area contributed by atoms with Crippen molar-refractivity contribution in [2.45, 2.75) is 18.9 Å². The topological polar surface area (TPSA) is 46.1 Å². The Hall–Kier alpha value is -1.73. The van der Waals surface area contributed by atoms with E-state index in [-0.39, 0.29) is 12.5 Å². The highest BCUT2D eigenvalue weighted by Gasteiger charge is 2.19. The van der Waals surface area contributed by atoms with Gasteiger partial charge in [0.15, 0.2) is 0 Å². The minimum atomic E-state index is -0.0912. The van der Waals surface area contributed by atoms with Crippen LogP contribution in [0, 0.1) is 12.3 Å². The number of nitrogens with zero attached hydrogens (tertiary/aromatic N) is 1. The summed E-state index contributed by atoms with van der Waals surface area (Å²) in [7, 11) is 0. The Labute approximate surface area is 101 Å². The van der Waals surface area contributed by atoms with Crippen molar-refractivity contribution in [2.24, 2.45) is 0 Å². The number of nitrogens with one attached hydrogen (secondary N) is 2. The predicted octanol–water partition coefficient (Wildman–Crippen LogP) is 0.776. The van der Waals surface area contributed by atoms with Crippen LogP contribution in [0.5, 0.6) is 0 Å². The lowest BCUT2D eigenvalue weighted by Crippen LogP contribution is -2.32. The highest BCUT2D eigenvalue weighted by Crippen LogP contribution is 2.21. The summed E-state index contributed by atoms with van der Waals surface area (Å²) < 4.78 is 2.06. The Balaban J connectivity index is 2.10. The first-order valence-electron chi connectivity index (χ1n) is 5.92. The molecule has 4 nitrogen and oxygen atoms in total. The van der Waals surface area contributed by atoms with Gasteiger partial charge in [0.25, 0.3) is 5.91 Å². The second-order valence-electron chi connectivity index (χ2n) is 4.17. The minimum absolute atomic E-state index is 0.0912. The van der Waals surface area contributed by atoms with Crippen molar-refractivity contribution in [3.63, 3.8) is 0 Å². The molecule has 0 aromatic carbocycles. The van der Waals surface area contributed by atoms with Crippen LogP contribution in [0.1, 0.15) is 29.4 Å². The maximum atomic E-state index is 11.9. The largest absolute Gasteiger partial charge is 0.340 e. The van der Waals surface area contributed by atoms with E-state index in [2.05, 4.69) is 21.1 Å². The molecular weight excluding hydrogens is 214 g/mol. The number of terminal acetylenes is 1. The lowest BCUT2D eigenvalue weighted by atomic mass is 10.1. The molecule has 2 heterocycles. The molecule has 1 aliphatic heterocycles. The molecule has 1 amide bonds. The van der Waals surface area contributed by atoms with E-state index in [1.807, 2.05) is 18.3 Å². The lowest BCUT2D eigenvalue weighted by molar-refractivity contribution is 0.0946. The summed E-state index contributed by atoms with van der Waals surface area (Å²) >= 11 is 0. The molecule has 0 unspecified atom stereocenters. The molecule has 1 aliphatic rings. The van der Waals surface area contributed by atoms with Crippen LogP contribution in [0.15, 0.2) is 18.3 Å². The third-order valence-electron chi connectivity index (χ3n) is 3.06. The zero-order valence-corrected chi connectivity index (χ0v) is 9.78. The highest BCUT2D eigenvalue weighted by atomic mass is 16.1. The molecule has 2 N–H and O–H groups in total. The molecule has 1 fully saturated rings. The van der Waals surface area contributed by atoms with Crippen LogP contribution in [0.25, 0.3) is 0 Å². The zero-order chi connectivity index (χ0) is 12.1. The molecule has 17 heavy (non-hydrogen) atoms. The molecule has 0 saturated carbocycles. The summed E-state index contributed by atoms with van der Waals surface area (Å²) in [5.41, 5.74) is 0.701. The number of carbonyl (C=O) groups excluding carboxylic acids is 1. The van der Waals surface area contributed by atoms with E-state index in [0.29, 0.717) is 11.7 Å². The summed E-state index contributed by atoms with van der Waals surface area (Å²) in [5.74, 6) is 2.32. The van der Waals surface area contributed by atoms with Gasteiger partial charge in [-0.2, -0.15) is 0 Å². The average molecular weight is 231 g/mol. The molecule has 0 spiro atoms. The summed E-state index contributed by atoms with van der Waals surface area (Å²) in [6.45, 7) is 2.29. The first kappa shape index (κ1) is 11.7. The van der Waals surface area contributed by atoms with E-state index in [1.165, 1.54) is 0 Å². The van der Waals surface area contributed by atoms with E-state index in [0.717, 1.165) is 25.9 Å². The normalized spacial score (nSPS) is 16.4. The van der Waals surface area contributed by atoms with Gasteiger partial charge in [0, 0.05) is 12.2 Å². The van der Waals surface area contributed by atoms with Gasteiger partial charge < -0.3 is 15.2 Å². The molecule has 4 heteroatoms. The van der Waals surface area contributed by atoms with Gasteiger partial charge in [0.1, 0.15) is 5.69 Å². The molecular formula is C13H17N3O. The number of hydrogen-bond acceptors (Lipinski definition) is 2. The van der Waals surface area contributed by atoms with Crippen LogP contribution in [0.2, 0.25) is 0 Å². The quantitative estimate of drug-likeness (QED) is 0.755. The van der Waals surface area contributed by atoms with Crippen molar-refractivity contribution in [3.8, 4) is 12.3 Å². The van der Waals surface area contributed by atoms with Crippen molar-refractivity contribution in [2.75, 3.05) is 19.6 Å². The molecule has 0 aliphatic carbocycles. The lowest BCUT2D eigenvalue weighted by Gasteiger charge is -2.25. The number of aromatic nitrogens is 1. The second-order valence-corrected chi connectivity index (χ2v) is 4.17. The Kier molecular flexibility index (Phi) is 3.84. The van der Waals surface area contributed by atoms with Gasteiger partial charge in [-0.1, -0.05) is 5.92 Å². The Morgan fingerprint density at radius 1 is 1.59 bits per heavy atom. The number of hydrogen-bond donors (Lipinski definition) is 2. The fourth-order valence-corrected chi connectivity index (χ4v) is 2.21. The van der Waals surface area contributed by atoms with Crippen molar-refractivity contribution in [3.05, 3.63) is 24.0 Å². The molecule has 1 saturated heterocycles. The smallest absolute Gasteiger partial charge is 0.268 e. The molecule has 2 rings (SSSR count).